The maximum atomic E-state index is 5.21. The molecule has 0 saturated carbocycles. The van der Waals surface area contributed by atoms with Gasteiger partial charge in [0.2, 0.25) is 6.79 Å². The standard InChI is InChI=1S/C10H8O2S/c13-5-1-2-8-3-4-9-10(6-8)12-7-11-9/h3-4,6,13H,5,7H2. The van der Waals surface area contributed by atoms with Crippen LogP contribution in [0.4, 0.5) is 0 Å². The van der Waals surface area contributed by atoms with E-state index in [-0.39, 0.29) is 0 Å². The smallest absolute Gasteiger partial charge is 0.231 e. The third kappa shape index (κ3) is 1.73. The minimum atomic E-state index is 0.304. The van der Waals surface area contributed by atoms with Gasteiger partial charge in [0.05, 0.1) is 5.75 Å². The normalized spacial score (nSPS) is 12.1. The van der Waals surface area contributed by atoms with E-state index in [9.17, 15) is 0 Å². The Balaban J connectivity index is 2.31. The van der Waals surface area contributed by atoms with E-state index in [1.165, 1.54) is 0 Å². The molecule has 0 N–H and O–H groups in total. The molecule has 2 rings (SSSR count). The second-order valence-corrected chi connectivity index (χ2v) is 2.84. The third-order valence-electron chi connectivity index (χ3n) is 1.68. The van der Waals surface area contributed by atoms with Crippen LogP contribution in [0.1, 0.15) is 5.56 Å². The molecule has 0 atom stereocenters. The van der Waals surface area contributed by atoms with Crippen molar-refractivity contribution in [3.63, 3.8) is 0 Å². The number of hydrogen-bond donors (Lipinski definition) is 1. The SMILES string of the molecule is SCC#Cc1ccc2c(c1)OCO2. The minimum absolute atomic E-state index is 0.304. The summed E-state index contributed by atoms with van der Waals surface area (Å²) in [6.07, 6.45) is 0. The molecule has 3 heteroatoms. The van der Waals surface area contributed by atoms with Crippen LogP contribution in [-0.4, -0.2) is 12.5 Å². The average Bonchev–Trinajstić information content (AvgIpc) is 2.61. The number of rotatable bonds is 0. The van der Waals surface area contributed by atoms with Gasteiger partial charge in [0, 0.05) is 5.56 Å². The Hall–Kier alpha value is -1.27. The van der Waals surface area contributed by atoms with Crippen molar-refractivity contribution >= 4 is 12.6 Å². The maximum Gasteiger partial charge on any atom is 0.231 e. The molecule has 0 bridgehead atoms. The van der Waals surface area contributed by atoms with Crippen molar-refractivity contribution in [3.05, 3.63) is 23.8 Å². The molecule has 1 aliphatic rings. The van der Waals surface area contributed by atoms with E-state index >= 15 is 0 Å². The fraction of sp³-hybridized carbons (Fsp3) is 0.200. The van der Waals surface area contributed by atoms with Crippen molar-refractivity contribution in [1.29, 1.82) is 0 Å². The Labute approximate surface area is 82.3 Å². The van der Waals surface area contributed by atoms with Gasteiger partial charge >= 0.3 is 0 Å². The quantitative estimate of drug-likeness (QED) is 0.498. The maximum absolute atomic E-state index is 5.21. The van der Waals surface area contributed by atoms with Crippen molar-refractivity contribution in [2.75, 3.05) is 12.5 Å². The Morgan fingerprint density at radius 2 is 2.15 bits per heavy atom. The van der Waals surface area contributed by atoms with E-state index in [1.54, 1.807) is 0 Å². The van der Waals surface area contributed by atoms with Gasteiger partial charge in [0.15, 0.2) is 11.5 Å². The lowest BCUT2D eigenvalue weighted by atomic mass is 10.2. The summed E-state index contributed by atoms with van der Waals surface area (Å²) in [6, 6.07) is 5.65. The largest absolute Gasteiger partial charge is 0.454 e. The monoisotopic (exact) mass is 192 g/mol. The van der Waals surface area contributed by atoms with Crippen LogP contribution >= 0.6 is 12.6 Å². The van der Waals surface area contributed by atoms with E-state index in [0.717, 1.165) is 17.1 Å². The van der Waals surface area contributed by atoms with Crippen LogP contribution in [-0.2, 0) is 0 Å². The van der Waals surface area contributed by atoms with Crippen LogP contribution < -0.4 is 9.47 Å². The first-order valence-electron chi connectivity index (χ1n) is 3.89. The summed E-state index contributed by atoms with van der Waals surface area (Å²) >= 11 is 4.00. The topological polar surface area (TPSA) is 18.5 Å². The molecule has 2 nitrogen and oxygen atoms in total. The molecule has 0 saturated heterocycles. The first kappa shape index (κ1) is 8.33. The van der Waals surface area contributed by atoms with Crippen molar-refractivity contribution in [2.45, 2.75) is 0 Å². The molecule has 0 unspecified atom stereocenters. The number of benzene rings is 1. The highest BCUT2D eigenvalue weighted by Gasteiger charge is 2.11. The highest BCUT2D eigenvalue weighted by atomic mass is 32.1. The zero-order valence-corrected chi connectivity index (χ0v) is 7.80. The summed E-state index contributed by atoms with van der Waals surface area (Å²) in [5.74, 6) is 7.96. The summed E-state index contributed by atoms with van der Waals surface area (Å²) in [5.41, 5.74) is 0.929. The molecule has 0 amide bonds. The lowest BCUT2D eigenvalue weighted by molar-refractivity contribution is 0.174. The molecule has 1 aromatic rings. The molecule has 0 aromatic heterocycles. The molecule has 13 heavy (non-hydrogen) atoms. The summed E-state index contributed by atoms with van der Waals surface area (Å²) in [4.78, 5) is 0. The van der Waals surface area contributed by atoms with Gasteiger partial charge in [-0.25, -0.2) is 0 Å². The zero-order valence-electron chi connectivity index (χ0n) is 6.91. The molecule has 0 spiro atoms. The van der Waals surface area contributed by atoms with E-state index < -0.39 is 0 Å². The highest BCUT2D eigenvalue weighted by molar-refractivity contribution is 7.80. The van der Waals surface area contributed by atoms with Crippen LogP contribution in [0.5, 0.6) is 11.5 Å². The van der Waals surface area contributed by atoms with Crippen LogP contribution in [0.25, 0.3) is 0 Å². The van der Waals surface area contributed by atoms with E-state index in [0.29, 0.717) is 12.5 Å². The van der Waals surface area contributed by atoms with Crippen LogP contribution in [0, 0.1) is 11.8 Å². The van der Waals surface area contributed by atoms with Gasteiger partial charge in [-0.2, -0.15) is 12.6 Å². The first-order chi connectivity index (χ1) is 6.40. The Morgan fingerprint density at radius 1 is 1.31 bits per heavy atom. The van der Waals surface area contributed by atoms with Crippen LogP contribution in [0.2, 0.25) is 0 Å². The van der Waals surface area contributed by atoms with Gasteiger partial charge in [-0.15, -0.1) is 0 Å². The van der Waals surface area contributed by atoms with Crippen molar-refractivity contribution < 1.29 is 9.47 Å². The van der Waals surface area contributed by atoms with Crippen LogP contribution in [0.3, 0.4) is 0 Å². The summed E-state index contributed by atoms with van der Waals surface area (Å²) in [6.45, 7) is 0.304. The first-order valence-corrected chi connectivity index (χ1v) is 4.53. The summed E-state index contributed by atoms with van der Waals surface area (Å²) in [7, 11) is 0. The van der Waals surface area contributed by atoms with Gasteiger partial charge < -0.3 is 9.47 Å². The number of ether oxygens (including phenoxy) is 2. The molecule has 1 heterocycles. The fourth-order valence-electron chi connectivity index (χ4n) is 1.12. The summed E-state index contributed by atoms with van der Waals surface area (Å²) < 4.78 is 10.4. The average molecular weight is 192 g/mol. The van der Waals surface area contributed by atoms with Crippen molar-refractivity contribution in [1.82, 2.24) is 0 Å². The van der Waals surface area contributed by atoms with E-state index in [2.05, 4.69) is 24.5 Å². The second-order valence-electron chi connectivity index (χ2n) is 2.53. The minimum Gasteiger partial charge on any atom is -0.454 e. The molecular formula is C10H8O2S. The molecule has 1 aromatic carbocycles. The molecule has 66 valence electrons. The Morgan fingerprint density at radius 3 is 3.00 bits per heavy atom. The van der Waals surface area contributed by atoms with Gasteiger partial charge in [-0.05, 0) is 18.2 Å². The number of thiol groups is 1. The lowest BCUT2D eigenvalue weighted by Gasteiger charge is -1.94. The highest BCUT2D eigenvalue weighted by Crippen LogP contribution is 2.32. The van der Waals surface area contributed by atoms with Gasteiger partial charge in [-0.1, -0.05) is 11.8 Å². The fourth-order valence-corrected chi connectivity index (χ4v) is 1.19. The van der Waals surface area contributed by atoms with Crippen molar-refractivity contribution in [3.8, 4) is 23.3 Å². The molecule has 1 aliphatic heterocycles. The Kier molecular flexibility index (Phi) is 2.33. The van der Waals surface area contributed by atoms with Crippen molar-refractivity contribution in [2.24, 2.45) is 0 Å². The lowest BCUT2D eigenvalue weighted by Crippen LogP contribution is -1.92. The van der Waals surface area contributed by atoms with Gasteiger partial charge in [0.25, 0.3) is 0 Å². The van der Waals surface area contributed by atoms with E-state index in [4.69, 9.17) is 9.47 Å². The molecule has 0 radical (unpaired) electrons. The molecule has 0 aliphatic carbocycles. The molecular weight excluding hydrogens is 184 g/mol. The van der Waals surface area contributed by atoms with E-state index in [1.807, 2.05) is 18.2 Å². The predicted octanol–water partition coefficient (Wildman–Crippen LogP) is 1.70. The number of hydrogen-bond acceptors (Lipinski definition) is 3. The summed E-state index contributed by atoms with van der Waals surface area (Å²) in [5, 5.41) is 0. The third-order valence-corrected chi connectivity index (χ3v) is 1.84. The zero-order chi connectivity index (χ0) is 9.10. The predicted molar refractivity (Wildman–Crippen MR) is 53.3 cm³/mol. The molecule has 0 fully saturated rings. The second kappa shape index (κ2) is 3.63. The van der Waals surface area contributed by atoms with Gasteiger partial charge in [0.1, 0.15) is 0 Å². The van der Waals surface area contributed by atoms with Crippen LogP contribution in [0.15, 0.2) is 18.2 Å². The Bertz CT molecular complexity index is 376. The van der Waals surface area contributed by atoms with Gasteiger partial charge in [-0.3, -0.25) is 0 Å². The number of fused-ring (bicyclic) bond motifs is 1.